The van der Waals surface area contributed by atoms with Gasteiger partial charge in [-0.15, -0.1) is 0 Å². The maximum absolute atomic E-state index is 8.55. The number of aromatic amines is 1. The second-order valence-electron chi connectivity index (χ2n) is 2.23. The first-order chi connectivity index (χ1) is 5.81. The molecule has 0 aliphatic heterocycles. The van der Waals surface area contributed by atoms with E-state index in [9.17, 15) is 0 Å². The molecule has 2 heterocycles. The van der Waals surface area contributed by atoms with E-state index in [-0.39, 0.29) is 5.69 Å². The van der Waals surface area contributed by atoms with Crippen molar-refractivity contribution in [2.75, 3.05) is 0 Å². The van der Waals surface area contributed by atoms with Crippen LogP contribution >= 0.6 is 11.6 Å². The molecule has 12 heavy (non-hydrogen) atoms. The zero-order chi connectivity index (χ0) is 8.55. The fraction of sp³-hybridized carbons (Fsp3) is 0. The van der Waals surface area contributed by atoms with Gasteiger partial charge < -0.3 is 0 Å². The first kappa shape index (κ1) is 7.07. The number of pyridine rings is 1. The van der Waals surface area contributed by atoms with Crippen molar-refractivity contribution in [2.24, 2.45) is 0 Å². The Labute approximate surface area is 72.8 Å². The molecule has 1 N–H and O–H groups in total. The van der Waals surface area contributed by atoms with Crippen LogP contribution in [-0.4, -0.2) is 15.2 Å². The second-order valence-corrected chi connectivity index (χ2v) is 2.64. The van der Waals surface area contributed by atoms with Crippen LogP contribution in [-0.2, 0) is 0 Å². The third-order valence-corrected chi connectivity index (χ3v) is 1.80. The summed E-state index contributed by atoms with van der Waals surface area (Å²) in [5.74, 6) is 0. The van der Waals surface area contributed by atoms with Crippen molar-refractivity contribution in [1.29, 1.82) is 5.26 Å². The molecular weight excluding hydrogens is 176 g/mol. The first-order valence-electron chi connectivity index (χ1n) is 3.21. The molecule has 4 nitrogen and oxygen atoms in total. The highest BCUT2D eigenvalue weighted by Gasteiger charge is 2.04. The van der Waals surface area contributed by atoms with Crippen LogP contribution in [0.1, 0.15) is 5.69 Å². The van der Waals surface area contributed by atoms with Crippen molar-refractivity contribution in [2.45, 2.75) is 0 Å². The second kappa shape index (κ2) is 2.47. The van der Waals surface area contributed by atoms with Crippen LogP contribution in [0.2, 0.25) is 5.02 Å². The Kier molecular flexibility index (Phi) is 1.45. The molecule has 2 rings (SSSR count). The summed E-state index contributed by atoms with van der Waals surface area (Å²) in [4.78, 5) is 3.95. The average molecular weight is 179 g/mol. The van der Waals surface area contributed by atoms with Crippen molar-refractivity contribution < 1.29 is 0 Å². The van der Waals surface area contributed by atoms with Crippen LogP contribution in [0.25, 0.3) is 11.0 Å². The Hall–Kier alpha value is -1.60. The van der Waals surface area contributed by atoms with Gasteiger partial charge in [0.15, 0.2) is 5.65 Å². The lowest BCUT2D eigenvalue weighted by molar-refractivity contribution is 1.09. The molecule has 0 aromatic carbocycles. The van der Waals surface area contributed by atoms with E-state index in [0.717, 1.165) is 5.39 Å². The molecule has 2 aromatic heterocycles. The van der Waals surface area contributed by atoms with Gasteiger partial charge in [0.05, 0.1) is 16.6 Å². The van der Waals surface area contributed by atoms with Crippen molar-refractivity contribution in [1.82, 2.24) is 15.2 Å². The summed E-state index contributed by atoms with van der Waals surface area (Å²) >= 11 is 5.83. The smallest absolute Gasteiger partial charge is 0.158 e. The molecule has 0 unspecified atom stereocenters. The Morgan fingerprint density at radius 2 is 2.42 bits per heavy atom. The molecule has 0 atom stereocenters. The van der Waals surface area contributed by atoms with Gasteiger partial charge in [0, 0.05) is 0 Å². The van der Waals surface area contributed by atoms with E-state index in [1.807, 2.05) is 6.07 Å². The lowest BCUT2D eigenvalue weighted by atomic mass is 10.3. The van der Waals surface area contributed by atoms with E-state index in [1.54, 1.807) is 6.20 Å². The standard InChI is InChI=1S/C7H3ClN4/c8-6-1-4(2-9)11-7-5(6)3-10-12-7/h1,3H,(H,10,11,12). The zero-order valence-electron chi connectivity index (χ0n) is 5.87. The van der Waals surface area contributed by atoms with Crippen LogP contribution in [0.5, 0.6) is 0 Å². The summed E-state index contributed by atoms with van der Waals surface area (Å²) in [5.41, 5.74) is 0.829. The van der Waals surface area contributed by atoms with Crippen molar-refractivity contribution in [3.8, 4) is 6.07 Å². The number of halogens is 1. The van der Waals surface area contributed by atoms with Crippen LogP contribution in [0.15, 0.2) is 12.3 Å². The first-order valence-corrected chi connectivity index (χ1v) is 3.59. The highest BCUT2D eigenvalue weighted by atomic mass is 35.5. The van der Waals surface area contributed by atoms with Gasteiger partial charge in [0.2, 0.25) is 0 Å². The summed E-state index contributed by atoms with van der Waals surface area (Å²) in [7, 11) is 0. The number of H-pyrrole nitrogens is 1. The molecule has 0 amide bonds. The number of rotatable bonds is 0. The van der Waals surface area contributed by atoms with Gasteiger partial charge in [-0.3, -0.25) is 5.10 Å². The Morgan fingerprint density at radius 1 is 1.58 bits per heavy atom. The fourth-order valence-corrected chi connectivity index (χ4v) is 1.19. The molecule has 0 fully saturated rings. The van der Waals surface area contributed by atoms with Crippen LogP contribution in [0, 0.1) is 11.3 Å². The van der Waals surface area contributed by atoms with E-state index in [1.165, 1.54) is 6.07 Å². The Balaban J connectivity index is 2.86. The largest absolute Gasteiger partial charge is 0.261 e. The monoisotopic (exact) mass is 178 g/mol. The van der Waals surface area contributed by atoms with Gasteiger partial charge in [-0.2, -0.15) is 10.4 Å². The lowest BCUT2D eigenvalue weighted by Gasteiger charge is -1.91. The van der Waals surface area contributed by atoms with Gasteiger partial charge >= 0.3 is 0 Å². The third kappa shape index (κ3) is 0.917. The molecule has 5 heteroatoms. The van der Waals surface area contributed by atoms with Crippen LogP contribution < -0.4 is 0 Å². The molecule has 58 valence electrons. The molecule has 0 aliphatic carbocycles. The van der Waals surface area contributed by atoms with E-state index in [4.69, 9.17) is 16.9 Å². The molecule has 0 spiro atoms. The zero-order valence-corrected chi connectivity index (χ0v) is 6.63. The number of hydrogen-bond donors (Lipinski definition) is 1. The summed E-state index contributed by atoms with van der Waals surface area (Å²) < 4.78 is 0. The Morgan fingerprint density at radius 3 is 3.17 bits per heavy atom. The third-order valence-electron chi connectivity index (χ3n) is 1.49. The van der Waals surface area contributed by atoms with Crippen molar-refractivity contribution in [3.05, 3.63) is 23.0 Å². The van der Waals surface area contributed by atoms with Crippen LogP contribution in [0.3, 0.4) is 0 Å². The van der Waals surface area contributed by atoms with E-state index >= 15 is 0 Å². The van der Waals surface area contributed by atoms with Gasteiger partial charge in [0.1, 0.15) is 11.8 Å². The Bertz CT molecular complexity index is 468. The summed E-state index contributed by atoms with van der Waals surface area (Å²) in [5, 5.41) is 16.2. The molecular formula is C7H3ClN4. The normalized spacial score (nSPS) is 10.0. The molecule has 0 bridgehead atoms. The number of nitrogens with one attached hydrogen (secondary N) is 1. The minimum Gasteiger partial charge on any atom is -0.261 e. The molecule has 0 radical (unpaired) electrons. The predicted molar refractivity (Wildman–Crippen MR) is 43.6 cm³/mol. The highest BCUT2D eigenvalue weighted by Crippen LogP contribution is 2.20. The van der Waals surface area contributed by atoms with Crippen molar-refractivity contribution >= 4 is 22.6 Å². The highest BCUT2D eigenvalue weighted by molar-refractivity contribution is 6.35. The molecule has 0 saturated heterocycles. The van der Waals surface area contributed by atoms with E-state index < -0.39 is 0 Å². The predicted octanol–water partition coefficient (Wildman–Crippen LogP) is 1.48. The number of nitriles is 1. The number of fused-ring (bicyclic) bond motifs is 1. The summed E-state index contributed by atoms with van der Waals surface area (Å²) in [6, 6.07) is 3.42. The van der Waals surface area contributed by atoms with Gasteiger partial charge in [-0.1, -0.05) is 11.6 Å². The molecule has 2 aromatic rings. The lowest BCUT2D eigenvalue weighted by Crippen LogP contribution is -1.83. The van der Waals surface area contributed by atoms with E-state index in [0.29, 0.717) is 10.7 Å². The fourth-order valence-electron chi connectivity index (χ4n) is 0.947. The quantitative estimate of drug-likeness (QED) is 0.665. The summed E-state index contributed by atoms with van der Waals surface area (Å²) in [6.07, 6.45) is 1.58. The summed E-state index contributed by atoms with van der Waals surface area (Å²) in [6.45, 7) is 0. The molecule has 0 aliphatic rings. The molecule has 0 saturated carbocycles. The average Bonchev–Trinajstić information content (AvgIpc) is 2.52. The number of aromatic nitrogens is 3. The minimum atomic E-state index is 0.289. The van der Waals surface area contributed by atoms with Gasteiger partial charge in [0.25, 0.3) is 0 Å². The maximum atomic E-state index is 8.55. The minimum absolute atomic E-state index is 0.289. The number of nitrogens with zero attached hydrogens (tertiary/aromatic N) is 3. The number of hydrogen-bond acceptors (Lipinski definition) is 3. The van der Waals surface area contributed by atoms with Gasteiger partial charge in [-0.05, 0) is 6.07 Å². The van der Waals surface area contributed by atoms with Crippen molar-refractivity contribution in [3.63, 3.8) is 0 Å². The maximum Gasteiger partial charge on any atom is 0.158 e. The van der Waals surface area contributed by atoms with E-state index in [2.05, 4.69) is 15.2 Å². The topological polar surface area (TPSA) is 65.4 Å². The van der Waals surface area contributed by atoms with Crippen LogP contribution in [0.4, 0.5) is 0 Å². The van der Waals surface area contributed by atoms with Gasteiger partial charge in [-0.25, -0.2) is 4.98 Å². The SMILES string of the molecule is N#Cc1cc(Cl)c2cn[nH]c2n1.